The average molecular weight is 501 g/mol. The second-order valence-corrected chi connectivity index (χ2v) is 9.15. The normalized spacial score (nSPS) is 20.1. The molecule has 2 amide bonds. The van der Waals surface area contributed by atoms with Crippen LogP contribution in [0.25, 0.3) is 0 Å². The molecule has 0 aromatic heterocycles. The van der Waals surface area contributed by atoms with E-state index in [1.807, 2.05) is 11.0 Å². The molecule has 2 aliphatic heterocycles. The number of benzene rings is 2. The molecule has 2 aromatic carbocycles. The van der Waals surface area contributed by atoms with Crippen LogP contribution in [0, 0.1) is 5.82 Å². The predicted octanol–water partition coefficient (Wildman–Crippen LogP) is 3.29. The minimum absolute atomic E-state index is 0.0167. The minimum Gasteiger partial charge on any atom is -0.493 e. The maximum atomic E-state index is 13.3. The third-order valence-electron chi connectivity index (χ3n) is 6.52. The van der Waals surface area contributed by atoms with Gasteiger partial charge in [-0.15, -0.1) is 0 Å². The summed E-state index contributed by atoms with van der Waals surface area (Å²) in [6.07, 6.45) is 3.17. The van der Waals surface area contributed by atoms with Gasteiger partial charge in [-0.3, -0.25) is 9.59 Å². The van der Waals surface area contributed by atoms with Gasteiger partial charge in [-0.2, -0.15) is 0 Å². The monoisotopic (exact) mass is 500 g/mol. The van der Waals surface area contributed by atoms with Crippen LogP contribution in [0.3, 0.4) is 0 Å². The molecule has 0 radical (unpaired) electrons. The first-order chi connectivity index (χ1) is 17.5. The summed E-state index contributed by atoms with van der Waals surface area (Å²) >= 11 is 0. The van der Waals surface area contributed by atoms with Crippen molar-refractivity contribution in [2.75, 3.05) is 53.1 Å². The van der Waals surface area contributed by atoms with Crippen LogP contribution in [0.1, 0.15) is 25.7 Å². The lowest BCUT2D eigenvalue weighted by Gasteiger charge is -2.43. The summed E-state index contributed by atoms with van der Waals surface area (Å²) in [4.78, 5) is 29.8. The molecule has 0 aliphatic carbocycles. The molecule has 194 valence electrons. The summed E-state index contributed by atoms with van der Waals surface area (Å²) < 4.78 is 36.4. The van der Waals surface area contributed by atoms with Crippen molar-refractivity contribution in [1.82, 2.24) is 9.80 Å². The molecule has 0 saturated carbocycles. The second-order valence-electron chi connectivity index (χ2n) is 9.15. The fourth-order valence-corrected chi connectivity index (χ4v) is 4.55. The van der Waals surface area contributed by atoms with Crippen LogP contribution < -0.4 is 14.2 Å². The van der Waals surface area contributed by atoms with Gasteiger partial charge < -0.3 is 28.7 Å². The van der Waals surface area contributed by atoms with E-state index >= 15 is 0 Å². The number of carbonyl (C=O) groups is 2. The van der Waals surface area contributed by atoms with E-state index in [1.165, 1.54) is 24.3 Å². The fourth-order valence-electron chi connectivity index (χ4n) is 4.55. The van der Waals surface area contributed by atoms with E-state index < -0.39 is 5.60 Å². The molecule has 36 heavy (non-hydrogen) atoms. The number of amides is 2. The van der Waals surface area contributed by atoms with Gasteiger partial charge in [0.1, 0.15) is 23.8 Å². The largest absolute Gasteiger partial charge is 0.493 e. The van der Waals surface area contributed by atoms with Crippen molar-refractivity contribution in [3.8, 4) is 17.2 Å². The Balaban J connectivity index is 1.45. The Hall–Kier alpha value is -3.33. The summed E-state index contributed by atoms with van der Waals surface area (Å²) in [6, 6.07) is 12.8. The van der Waals surface area contributed by atoms with Crippen LogP contribution in [0.4, 0.5) is 4.39 Å². The molecule has 1 unspecified atom stereocenters. The fraction of sp³-hybridized carbons (Fsp3) is 0.481. The Bertz CT molecular complexity index is 1030. The van der Waals surface area contributed by atoms with Gasteiger partial charge in [0, 0.05) is 19.6 Å². The average Bonchev–Trinajstić information content (AvgIpc) is 2.92. The van der Waals surface area contributed by atoms with Crippen molar-refractivity contribution in [2.24, 2.45) is 0 Å². The zero-order chi connectivity index (χ0) is 25.4. The van der Waals surface area contributed by atoms with E-state index in [0.29, 0.717) is 23.8 Å². The number of para-hydroxylation sites is 2. The standard InChI is InChI=1S/C27H33FN2O6/c1-33-23-7-3-4-8-24(23)34-18-26(32)30-15-16-36-27(19-30,17-25(31)29-13-5-2-6-14-29)20-35-22-11-9-21(28)10-12-22/h3-4,7-12H,2,5-6,13-20H2,1H3. The minimum atomic E-state index is -1.03. The molecule has 2 aromatic rings. The zero-order valence-corrected chi connectivity index (χ0v) is 20.6. The Morgan fingerprint density at radius 3 is 2.36 bits per heavy atom. The molecule has 9 heteroatoms. The van der Waals surface area contributed by atoms with E-state index in [-0.39, 0.29) is 50.4 Å². The van der Waals surface area contributed by atoms with Gasteiger partial charge in [0.05, 0.1) is 26.7 Å². The summed E-state index contributed by atoms with van der Waals surface area (Å²) in [7, 11) is 1.54. The molecule has 2 aliphatic rings. The van der Waals surface area contributed by atoms with E-state index in [9.17, 15) is 14.0 Å². The third kappa shape index (κ3) is 6.66. The number of nitrogens with zero attached hydrogens (tertiary/aromatic N) is 2. The maximum Gasteiger partial charge on any atom is 0.260 e. The Labute approximate surface area is 210 Å². The quantitative estimate of drug-likeness (QED) is 0.526. The van der Waals surface area contributed by atoms with Crippen molar-refractivity contribution in [1.29, 1.82) is 0 Å². The van der Waals surface area contributed by atoms with Gasteiger partial charge in [0.15, 0.2) is 18.1 Å². The first-order valence-corrected chi connectivity index (χ1v) is 12.3. The molecule has 0 N–H and O–H groups in total. The molecule has 2 saturated heterocycles. The van der Waals surface area contributed by atoms with Crippen molar-refractivity contribution in [2.45, 2.75) is 31.3 Å². The smallest absolute Gasteiger partial charge is 0.260 e. The molecule has 2 fully saturated rings. The first-order valence-electron chi connectivity index (χ1n) is 12.3. The number of ether oxygens (including phenoxy) is 4. The highest BCUT2D eigenvalue weighted by molar-refractivity contribution is 5.79. The van der Waals surface area contributed by atoms with Crippen LogP contribution in [-0.4, -0.2) is 80.3 Å². The van der Waals surface area contributed by atoms with Crippen LogP contribution in [0.5, 0.6) is 17.2 Å². The highest BCUT2D eigenvalue weighted by atomic mass is 19.1. The Morgan fingerprint density at radius 2 is 1.64 bits per heavy atom. The molecular formula is C27H33FN2O6. The molecular weight excluding hydrogens is 467 g/mol. The van der Waals surface area contributed by atoms with Gasteiger partial charge >= 0.3 is 0 Å². The first kappa shape index (κ1) is 25.8. The van der Waals surface area contributed by atoms with Crippen LogP contribution in [0.2, 0.25) is 0 Å². The van der Waals surface area contributed by atoms with E-state index in [1.54, 1.807) is 30.2 Å². The van der Waals surface area contributed by atoms with Crippen LogP contribution in [-0.2, 0) is 14.3 Å². The Morgan fingerprint density at radius 1 is 0.917 bits per heavy atom. The van der Waals surface area contributed by atoms with E-state index in [4.69, 9.17) is 18.9 Å². The number of piperidine rings is 1. The second kappa shape index (κ2) is 12.1. The number of carbonyl (C=O) groups excluding carboxylic acids is 2. The van der Waals surface area contributed by atoms with E-state index in [0.717, 1.165) is 32.4 Å². The lowest BCUT2D eigenvalue weighted by atomic mass is 9.96. The molecule has 2 heterocycles. The highest BCUT2D eigenvalue weighted by Gasteiger charge is 2.42. The number of rotatable bonds is 9. The highest BCUT2D eigenvalue weighted by Crippen LogP contribution is 2.28. The van der Waals surface area contributed by atoms with Gasteiger partial charge in [-0.05, 0) is 55.7 Å². The summed E-state index contributed by atoms with van der Waals surface area (Å²) in [5, 5.41) is 0. The lowest BCUT2D eigenvalue weighted by Crippen LogP contribution is -2.59. The topological polar surface area (TPSA) is 77.5 Å². The molecule has 8 nitrogen and oxygen atoms in total. The van der Waals surface area contributed by atoms with Crippen LogP contribution in [0.15, 0.2) is 48.5 Å². The molecule has 1 atom stereocenters. The molecule has 4 rings (SSSR count). The number of hydrogen-bond donors (Lipinski definition) is 0. The lowest BCUT2D eigenvalue weighted by molar-refractivity contribution is -0.167. The van der Waals surface area contributed by atoms with Crippen molar-refractivity contribution in [3.63, 3.8) is 0 Å². The molecule has 0 bridgehead atoms. The third-order valence-corrected chi connectivity index (χ3v) is 6.52. The summed E-state index contributed by atoms with van der Waals surface area (Å²) in [5.74, 6) is 0.887. The number of likely N-dealkylation sites (tertiary alicyclic amines) is 1. The van der Waals surface area contributed by atoms with Crippen LogP contribution >= 0.6 is 0 Å². The van der Waals surface area contributed by atoms with Gasteiger partial charge in [0.2, 0.25) is 5.91 Å². The maximum absolute atomic E-state index is 13.3. The van der Waals surface area contributed by atoms with Crippen molar-refractivity contribution < 1.29 is 32.9 Å². The van der Waals surface area contributed by atoms with Gasteiger partial charge in [0.25, 0.3) is 5.91 Å². The predicted molar refractivity (Wildman–Crippen MR) is 131 cm³/mol. The zero-order valence-electron chi connectivity index (χ0n) is 20.6. The Kier molecular flexibility index (Phi) is 8.64. The number of halogens is 1. The van der Waals surface area contributed by atoms with Gasteiger partial charge in [-0.1, -0.05) is 12.1 Å². The summed E-state index contributed by atoms with van der Waals surface area (Å²) in [6.45, 7) is 2.16. The number of hydrogen-bond acceptors (Lipinski definition) is 6. The number of morpholine rings is 1. The van der Waals surface area contributed by atoms with Crippen molar-refractivity contribution >= 4 is 11.8 Å². The summed E-state index contributed by atoms with van der Waals surface area (Å²) in [5.41, 5.74) is -1.03. The van der Waals surface area contributed by atoms with Crippen molar-refractivity contribution in [3.05, 3.63) is 54.3 Å². The SMILES string of the molecule is COc1ccccc1OCC(=O)N1CCOC(COc2ccc(F)cc2)(CC(=O)N2CCCCC2)C1. The molecule has 0 spiro atoms. The van der Waals surface area contributed by atoms with Gasteiger partial charge in [-0.25, -0.2) is 4.39 Å². The number of methoxy groups -OCH3 is 1. The van der Waals surface area contributed by atoms with E-state index in [2.05, 4.69) is 0 Å².